The van der Waals surface area contributed by atoms with Crippen LogP contribution in [0.4, 0.5) is 4.79 Å². The molecule has 1 N–H and O–H groups in total. The number of amides is 2. The van der Waals surface area contributed by atoms with Gasteiger partial charge in [-0.2, -0.15) is 4.98 Å². The van der Waals surface area contributed by atoms with Crippen molar-refractivity contribution < 1.29 is 9.32 Å². The zero-order chi connectivity index (χ0) is 16.2. The quantitative estimate of drug-likeness (QED) is 0.669. The summed E-state index contributed by atoms with van der Waals surface area (Å²) in [5.41, 5.74) is 0. The van der Waals surface area contributed by atoms with E-state index in [1.54, 1.807) is 0 Å². The smallest absolute Gasteiger partial charge is 0.317 e. The molecule has 23 heavy (non-hydrogen) atoms. The number of aryl methyl sites for hydroxylation is 1. The van der Waals surface area contributed by atoms with Gasteiger partial charge < -0.3 is 14.7 Å². The molecule has 0 bridgehead atoms. The Morgan fingerprint density at radius 2 is 2.04 bits per heavy atom. The lowest BCUT2D eigenvalue weighted by atomic mass is 9.86. The fraction of sp³-hybridized carbons (Fsp3) is 0.706. The number of likely N-dealkylation sites (tertiary alicyclic amines) is 1. The summed E-state index contributed by atoms with van der Waals surface area (Å²) in [6.07, 6.45) is 8.24. The second-order valence-electron chi connectivity index (χ2n) is 6.90. The van der Waals surface area contributed by atoms with E-state index < -0.39 is 0 Å². The molecule has 1 aromatic heterocycles. The molecule has 0 saturated carbocycles. The molecular formula is C17H26N4O2. The minimum Gasteiger partial charge on any atom is -0.339 e. The van der Waals surface area contributed by atoms with Gasteiger partial charge in [0.2, 0.25) is 5.89 Å². The average Bonchev–Trinajstić information content (AvgIpc) is 3.17. The van der Waals surface area contributed by atoms with Gasteiger partial charge >= 0.3 is 6.03 Å². The molecule has 6 heteroatoms. The van der Waals surface area contributed by atoms with Gasteiger partial charge in [0.15, 0.2) is 5.82 Å². The Morgan fingerprint density at radius 1 is 1.35 bits per heavy atom. The maximum Gasteiger partial charge on any atom is 0.317 e. The van der Waals surface area contributed by atoms with Gasteiger partial charge in [0, 0.05) is 32.0 Å². The van der Waals surface area contributed by atoms with Crippen LogP contribution in [-0.4, -0.2) is 40.7 Å². The Labute approximate surface area is 137 Å². The van der Waals surface area contributed by atoms with Gasteiger partial charge in [-0.25, -0.2) is 4.79 Å². The van der Waals surface area contributed by atoms with Crippen molar-refractivity contribution in [1.82, 2.24) is 20.4 Å². The van der Waals surface area contributed by atoms with E-state index in [-0.39, 0.29) is 11.9 Å². The Balaban J connectivity index is 1.36. The molecule has 3 rings (SSSR count). The summed E-state index contributed by atoms with van der Waals surface area (Å²) >= 11 is 0. The summed E-state index contributed by atoms with van der Waals surface area (Å²) < 4.78 is 5.21. The van der Waals surface area contributed by atoms with E-state index in [4.69, 9.17) is 4.52 Å². The molecule has 1 aliphatic heterocycles. The van der Waals surface area contributed by atoms with Crippen molar-refractivity contribution in [3.8, 4) is 0 Å². The van der Waals surface area contributed by atoms with Crippen LogP contribution in [0.15, 0.2) is 16.7 Å². The second kappa shape index (κ2) is 7.15. The third-order valence-electron chi connectivity index (χ3n) is 4.75. The lowest BCUT2D eigenvalue weighted by Gasteiger charge is -2.17. The lowest BCUT2D eigenvalue weighted by Crippen LogP contribution is -2.39. The average molecular weight is 318 g/mol. The molecule has 1 saturated heterocycles. The molecule has 0 unspecified atom stereocenters. The van der Waals surface area contributed by atoms with Crippen LogP contribution in [0.5, 0.6) is 0 Å². The van der Waals surface area contributed by atoms with E-state index >= 15 is 0 Å². The number of urea groups is 1. The van der Waals surface area contributed by atoms with Crippen LogP contribution in [0.3, 0.4) is 0 Å². The number of rotatable bonds is 5. The summed E-state index contributed by atoms with van der Waals surface area (Å²) in [4.78, 5) is 18.5. The molecule has 1 fully saturated rings. The monoisotopic (exact) mass is 318 g/mol. The van der Waals surface area contributed by atoms with Crippen LogP contribution in [0.25, 0.3) is 0 Å². The molecule has 126 valence electrons. The number of fused-ring (bicyclic) bond motifs is 1. The van der Waals surface area contributed by atoms with Crippen LogP contribution in [0, 0.1) is 11.8 Å². The van der Waals surface area contributed by atoms with E-state index in [0.29, 0.717) is 30.7 Å². The fourth-order valence-corrected chi connectivity index (χ4v) is 3.33. The summed E-state index contributed by atoms with van der Waals surface area (Å²) in [5, 5.41) is 6.96. The first-order valence-electron chi connectivity index (χ1n) is 8.63. The minimum absolute atomic E-state index is 0.0628. The van der Waals surface area contributed by atoms with E-state index in [0.717, 1.165) is 38.2 Å². The number of carbonyl (C=O) groups is 1. The van der Waals surface area contributed by atoms with E-state index in [1.807, 2.05) is 18.7 Å². The van der Waals surface area contributed by atoms with Crippen molar-refractivity contribution in [3.05, 3.63) is 23.9 Å². The van der Waals surface area contributed by atoms with E-state index in [1.165, 1.54) is 0 Å². The molecule has 1 aliphatic carbocycles. The van der Waals surface area contributed by atoms with Crippen molar-refractivity contribution in [2.24, 2.45) is 11.8 Å². The molecule has 0 radical (unpaired) electrons. The van der Waals surface area contributed by atoms with Gasteiger partial charge in [-0.15, -0.1) is 0 Å². The molecule has 2 aliphatic rings. The predicted octanol–water partition coefficient (Wildman–Crippen LogP) is 2.73. The highest BCUT2D eigenvalue weighted by Crippen LogP contribution is 2.32. The Morgan fingerprint density at radius 3 is 2.65 bits per heavy atom. The third-order valence-corrected chi connectivity index (χ3v) is 4.75. The molecule has 0 aromatic carbocycles. The Kier molecular flexibility index (Phi) is 4.98. The molecular weight excluding hydrogens is 292 g/mol. The highest BCUT2D eigenvalue weighted by molar-refractivity contribution is 5.74. The summed E-state index contributed by atoms with van der Waals surface area (Å²) in [7, 11) is 0. The van der Waals surface area contributed by atoms with Crippen molar-refractivity contribution in [2.75, 3.05) is 19.6 Å². The maximum atomic E-state index is 12.2. The van der Waals surface area contributed by atoms with Crippen LogP contribution in [0.2, 0.25) is 0 Å². The first-order valence-corrected chi connectivity index (χ1v) is 8.63. The fourth-order valence-electron chi connectivity index (χ4n) is 3.33. The number of hydrogen-bond acceptors (Lipinski definition) is 4. The van der Waals surface area contributed by atoms with Gasteiger partial charge in [-0.1, -0.05) is 31.2 Å². The molecule has 2 atom stereocenters. The van der Waals surface area contributed by atoms with Crippen molar-refractivity contribution in [3.63, 3.8) is 0 Å². The standard InChI is InChI=1S/C17H26N4O2/c1-12(2)16-19-15(23-20-16)8-5-9-18-17(22)21-10-13-6-3-4-7-14(13)11-21/h3-4,12-14H,5-11H2,1-2H3,(H,18,22)/t13-,14-/m0/s1. The number of hydrogen-bond donors (Lipinski definition) is 1. The van der Waals surface area contributed by atoms with Gasteiger partial charge in [0.05, 0.1) is 0 Å². The highest BCUT2D eigenvalue weighted by Gasteiger charge is 2.34. The van der Waals surface area contributed by atoms with Gasteiger partial charge in [-0.05, 0) is 31.1 Å². The van der Waals surface area contributed by atoms with Crippen molar-refractivity contribution in [2.45, 2.75) is 45.4 Å². The topological polar surface area (TPSA) is 71.3 Å². The minimum atomic E-state index is 0.0628. The molecule has 2 heterocycles. The number of allylic oxidation sites excluding steroid dienone is 2. The molecule has 1 aromatic rings. The van der Waals surface area contributed by atoms with Gasteiger partial charge in [0.25, 0.3) is 0 Å². The Bertz CT molecular complexity index is 551. The first-order chi connectivity index (χ1) is 11.1. The third kappa shape index (κ3) is 3.92. The zero-order valence-electron chi connectivity index (χ0n) is 14.0. The van der Waals surface area contributed by atoms with E-state index in [9.17, 15) is 4.79 Å². The number of nitrogens with zero attached hydrogens (tertiary/aromatic N) is 3. The van der Waals surface area contributed by atoms with Gasteiger partial charge in [0.1, 0.15) is 0 Å². The highest BCUT2D eigenvalue weighted by atomic mass is 16.5. The Hall–Kier alpha value is -1.85. The van der Waals surface area contributed by atoms with Crippen molar-refractivity contribution in [1.29, 1.82) is 0 Å². The van der Waals surface area contributed by atoms with Crippen molar-refractivity contribution >= 4 is 6.03 Å². The predicted molar refractivity (Wildman–Crippen MR) is 87.0 cm³/mol. The van der Waals surface area contributed by atoms with Crippen LogP contribution in [0.1, 0.15) is 50.7 Å². The molecule has 6 nitrogen and oxygen atoms in total. The molecule has 0 spiro atoms. The number of aromatic nitrogens is 2. The summed E-state index contributed by atoms with van der Waals surface area (Å²) in [6.45, 7) is 6.50. The van der Waals surface area contributed by atoms with Gasteiger partial charge in [-0.3, -0.25) is 0 Å². The lowest BCUT2D eigenvalue weighted by molar-refractivity contribution is 0.206. The number of carbonyl (C=O) groups excluding carboxylic acids is 1. The van der Waals surface area contributed by atoms with Crippen LogP contribution in [-0.2, 0) is 6.42 Å². The van der Waals surface area contributed by atoms with Crippen LogP contribution >= 0.6 is 0 Å². The van der Waals surface area contributed by atoms with E-state index in [2.05, 4.69) is 27.6 Å². The molecule has 2 amide bonds. The zero-order valence-corrected chi connectivity index (χ0v) is 14.0. The SMILES string of the molecule is CC(C)c1noc(CCCNC(=O)N2C[C@@H]3CC=CC[C@H]3C2)n1. The largest absolute Gasteiger partial charge is 0.339 e. The normalized spacial score (nSPS) is 23.3. The maximum absolute atomic E-state index is 12.2. The van der Waals surface area contributed by atoms with Crippen LogP contribution < -0.4 is 5.32 Å². The summed E-state index contributed by atoms with van der Waals surface area (Å²) in [6, 6.07) is 0.0628. The number of nitrogens with one attached hydrogen (secondary N) is 1. The first kappa shape index (κ1) is 16.0. The second-order valence-corrected chi connectivity index (χ2v) is 6.90. The summed E-state index contributed by atoms with van der Waals surface area (Å²) in [5.74, 6) is 2.98.